The molecule has 8 rings (SSSR count). The Bertz CT molecular complexity index is 2380. The van der Waals surface area contributed by atoms with Gasteiger partial charge in [-0.2, -0.15) is 0 Å². The summed E-state index contributed by atoms with van der Waals surface area (Å²) in [5.74, 6) is -0.511. The van der Waals surface area contributed by atoms with E-state index in [1.54, 1.807) is 12.1 Å². The molecule has 5 aromatic carbocycles. The molecular weight excluding hydrogens is 741 g/mol. The molecule has 3 aliphatic rings. The van der Waals surface area contributed by atoms with Gasteiger partial charge in [0.05, 0.1) is 15.9 Å². The molecular formula is C44H46N6O6S. The number of fused-ring (bicyclic) bond motifs is 3. The van der Waals surface area contributed by atoms with Gasteiger partial charge in [0.2, 0.25) is 0 Å². The number of benzene rings is 5. The first kappa shape index (κ1) is 38.1. The maximum Gasteiger partial charge on any atom is 0.293 e. The van der Waals surface area contributed by atoms with Crippen LogP contribution >= 0.6 is 0 Å². The smallest absolute Gasteiger partial charge is 0.293 e. The van der Waals surface area contributed by atoms with E-state index in [2.05, 4.69) is 105 Å². The van der Waals surface area contributed by atoms with Gasteiger partial charge >= 0.3 is 0 Å². The predicted octanol–water partition coefficient (Wildman–Crippen LogP) is 7.08. The third-order valence-electron chi connectivity index (χ3n) is 11.5. The van der Waals surface area contributed by atoms with Crippen LogP contribution in [0, 0.1) is 16.0 Å². The second-order valence-electron chi connectivity index (χ2n) is 14.9. The van der Waals surface area contributed by atoms with Crippen molar-refractivity contribution in [3.05, 3.63) is 148 Å². The molecule has 3 aliphatic heterocycles. The fourth-order valence-electron chi connectivity index (χ4n) is 8.31. The standard InChI is InChI=1S/C44H46N6O6S/c1-47-41-13-7-6-11-38(41)37-10-4-5-12-39(37)43(47)36-9-3-2-8-33(36)30-48-22-24-49(25-23-48)34-16-14-32(15-17-34)44(51)46-57(54,55)35-18-19-40(42(28-35)50(52)53)45-29-31-20-26-56-27-21-31/h2-19,28,31,43,45H,20-27,29-30H2,1H3,(H,46,51). The van der Waals surface area contributed by atoms with E-state index in [1.165, 1.54) is 45.6 Å². The molecule has 0 aromatic heterocycles. The molecule has 2 saturated heterocycles. The zero-order chi connectivity index (χ0) is 39.5. The number of para-hydroxylation sites is 1. The molecule has 3 heterocycles. The van der Waals surface area contributed by atoms with Crippen LogP contribution in [-0.4, -0.2) is 77.1 Å². The Morgan fingerprint density at radius 1 is 0.825 bits per heavy atom. The molecule has 1 atom stereocenters. The van der Waals surface area contributed by atoms with E-state index in [1.807, 2.05) is 12.1 Å². The number of anilines is 3. The summed E-state index contributed by atoms with van der Waals surface area (Å²) < 4.78 is 33.9. The van der Waals surface area contributed by atoms with E-state index in [0.717, 1.165) is 57.3 Å². The summed E-state index contributed by atoms with van der Waals surface area (Å²) in [6.07, 6.45) is 1.69. The number of hydrogen-bond donors (Lipinski definition) is 2. The van der Waals surface area contributed by atoms with E-state index in [0.29, 0.717) is 25.7 Å². The molecule has 1 amide bonds. The number of piperazine rings is 1. The monoisotopic (exact) mass is 786 g/mol. The third-order valence-corrected chi connectivity index (χ3v) is 12.8. The maximum absolute atomic E-state index is 13.2. The highest BCUT2D eigenvalue weighted by Crippen LogP contribution is 2.47. The summed E-state index contributed by atoms with van der Waals surface area (Å²) in [6.45, 7) is 5.92. The second kappa shape index (κ2) is 16.4. The van der Waals surface area contributed by atoms with Crippen LogP contribution in [0.15, 0.2) is 120 Å². The van der Waals surface area contributed by atoms with Gasteiger partial charge in [-0.05, 0) is 83.5 Å². The average Bonchev–Trinajstić information content (AvgIpc) is 3.24. The van der Waals surface area contributed by atoms with Gasteiger partial charge in [-0.25, -0.2) is 13.1 Å². The topological polar surface area (TPSA) is 137 Å². The number of amides is 1. The first-order valence-corrected chi connectivity index (χ1v) is 20.9. The minimum absolute atomic E-state index is 0.0906. The van der Waals surface area contributed by atoms with Crippen LogP contribution in [0.2, 0.25) is 0 Å². The van der Waals surface area contributed by atoms with Crippen molar-refractivity contribution in [2.24, 2.45) is 5.92 Å². The molecule has 0 aliphatic carbocycles. The summed E-state index contributed by atoms with van der Waals surface area (Å²) in [7, 11) is -2.20. The third kappa shape index (κ3) is 8.09. The van der Waals surface area contributed by atoms with Gasteiger partial charge in [-0.3, -0.25) is 19.8 Å². The summed E-state index contributed by atoms with van der Waals surface area (Å²) in [5, 5.41) is 15.0. The van der Waals surface area contributed by atoms with Crippen molar-refractivity contribution in [2.45, 2.75) is 30.3 Å². The Balaban J connectivity index is 0.889. The number of ether oxygens (including phenoxy) is 1. The molecule has 2 N–H and O–H groups in total. The molecule has 57 heavy (non-hydrogen) atoms. The second-order valence-corrected chi connectivity index (χ2v) is 16.6. The first-order chi connectivity index (χ1) is 27.7. The quantitative estimate of drug-likeness (QED) is 0.106. The van der Waals surface area contributed by atoms with Gasteiger partial charge in [0, 0.05) is 88.1 Å². The Hall–Kier alpha value is -5.76. The minimum Gasteiger partial charge on any atom is -0.381 e. The Kier molecular flexibility index (Phi) is 11.0. The Labute approximate surface area is 333 Å². The van der Waals surface area contributed by atoms with Crippen LogP contribution in [0.3, 0.4) is 0 Å². The summed E-state index contributed by atoms with van der Waals surface area (Å²) >= 11 is 0. The van der Waals surface area contributed by atoms with Crippen molar-refractivity contribution < 1.29 is 22.9 Å². The van der Waals surface area contributed by atoms with Crippen LogP contribution in [0.5, 0.6) is 0 Å². The average molecular weight is 787 g/mol. The highest BCUT2D eigenvalue weighted by molar-refractivity contribution is 7.90. The van der Waals surface area contributed by atoms with E-state index in [4.69, 9.17) is 4.74 Å². The lowest BCUT2D eigenvalue weighted by Gasteiger charge is -2.40. The number of carbonyl (C=O) groups is 1. The number of nitrogens with one attached hydrogen (secondary N) is 2. The number of hydrogen-bond acceptors (Lipinski definition) is 10. The maximum atomic E-state index is 13.2. The summed E-state index contributed by atoms with van der Waals surface area (Å²) in [4.78, 5) is 31.1. The van der Waals surface area contributed by atoms with Crippen LogP contribution in [0.1, 0.15) is 45.9 Å². The lowest BCUT2D eigenvalue weighted by atomic mass is 9.83. The van der Waals surface area contributed by atoms with Crippen LogP contribution in [0.25, 0.3) is 11.1 Å². The number of nitro groups is 1. The minimum atomic E-state index is -4.39. The Morgan fingerprint density at radius 3 is 2.23 bits per heavy atom. The van der Waals surface area contributed by atoms with Crippen molar-refractivity contribution >= 4 is 38.7 Å². The van der Waals surface area contributed by atoms with Gasteiger partial charge in [0.25, 0.3) is 21.6 Å². The van der Waals surface area contributed by atoms with Crippen molar-refractivity contribution in [3.8, 4) is 11.1 Å². The molecule has 0 radical (unpaired) electrons. The molecule has 13 heteroatoms. The van der Waals surface area contributed by atoms with Gasteiger partial charge < -0.3 is 19.9 Å². The van der Waals surface area contributed by atoms with Crippen LogP contribution in [0.4, 0.5) is 22.7 Å². The van der Waals surface area contributed by atoms with E-state index in [9.17, 15) is 23.3 Å². The zero-order valence-corrected chi connectivity index (χ0v) is 32.7. The lowest BCUT2D eigenvalue weighted by molar-refractivity contribution is -0.384. The highest BCUT2D eigenvalue weighted by atomic mass is 32.2. The van der Waals surface area contributed by atoms with Crippen molar-refractivity contribution in [3.63, 3.8) is 0 Å². The molecule has 1 unspecified atom stereocenters. The molecule has 294 valence electrons. The first-order valence-electron chi connectivity index (χ1n) is 19.4. The molecule has 0 saturated carbocycles. The number of sulfonamides is 1. The molecule has 2 fully saturated rings. The Morgan fingerprint density at radius 2 is 1.49 bits per heavy atom. The van der Waals surface area contributed by atoms with Gasteiger partial charge in [0.1, 0.15) is 5.69 Å². The van der Waals surface area contributed by atoms with E-state index in [-0.39, 0.29) is 27.9 Å². The van der Waals surface area contributed by atoms with Gasteiger partial charge in [-0.15, -0.1) is 0 Å². The van der Waals surface area contributed by atoms with Gasteiger partial charge in [-0.1, -0.05) is 66.7 Å². The molecule has 0 bridgehead atoms. The zero-order valence-electron chi connectivity index (χ0n) is 31.8. The number of carbonyl (C=O) groups excluding carboxylic acids is 1. The van der Waals surface area contributed by atoms with Crippen molar-refractivity contribution in [2.75, 3.05) is 68.1 Å². The molecule has 5 aromatic rings. The van der Waals surface area contributed by atoms with Crippen LogP contribution < -0.4 is 19.8 Å². The summed E-state index contributed by atoms with van der Waals surface area (Å²) in [5.41, 5.74) is 8.61. The fraction of sp³-hybridized carbons (Fsp3) is 0.295. The summed E-state index contributed by atoms with van der Waals surface area (Å²) in [6, 6.07) is 36.6. The number of nitro benzene ring substituents is 1. The van der Waals surface area contributed by atoms with Crippen LogP contribution in [-0.2, 0) is 21.3 Å². The largest absolute Gasteiger partial charge is 0.381 e. The van der Waals surface area contributed by atoms with Crippen molar-refractivity contribution in [1.29, 1.82) is 0 Å². The fourth-order valence-corrected chi connectivity index (χ4v) is 9.30. The predicted molar refractivity (Wildman–Crippen MR) is 222 cm³/mol. The lowest BCUT2D eigenvalue weighted by Crippen LogP contribution is -2.46. The number of rotatable bonds is 11. The van der Waals surface area contributed by atoms with Gasteiger partial charge in [0.15, 0.2) is 0 Å². The highest BCUT2D eigenvalue weighted by Gasteiger charge is 2.32. The van der Waals surface area contributed by atoms with E-state index >= 15 is 0 Å². The normalized spacial score (nSPS) is 17.4. The number of nitrogens with zero attached hydrogens (tertiary/aromatic N) is 4. The molecule has 12 nitrogen and oxygen atoms in total. The van der Waals surface area contributed by atoms with Crippen molar-refractivity contribution in [1.82, 2.24) is 9.62 Å². The molecule has 0 spiro atoms. The SMILES string of the molecule is CN1c2ccccc2-c2ccccc2C1c1ccccc1CN1CCN(c2ccc(C(=O)NS(=O)(=O)c3ccc(NCC4CCOCC4)c([N+](=O)[O-])c3)cc2)CC1. The van der Waals surface area contributed by atoms with E-state index < -0.39 is 20.9 Å².